The molecule has 2 aromatic carbocycles. The van der Waals surface area contributed by atoms with E-state index in [-0.39, 0.29) is 31.2 Å². The first-order valence-electron chi connectivity index (χ1n) is 12.7. The fraction of sp³-hybridized carbons (Fsp3) is 0.500. The molecule has 2 rings (SSSR count). The lowest BCUT2D eigenvalue weighted by molar-refractivity contribution is -0.141. The highest BCUT2D eigenvalue weighted by atomic mass is 32.2. The van der Waals surface area contributed by atoms with Crippen molar-refractivity contribution in [1.29, 1.82) is 0 Å². The Hall–Kier alpha value is -3.07. The summed E-state index contributed by atoms with van der Waals surface area (Å²) in [6, 6.07) is 14.1. The molecule has 2 amide bonds. The van der Waals surface area contributed by atoms with Gasteiger partial charge in [0, 0.05) is 26.1 Å². The lowest BCUT2D eigenvalue weighted by atomic mass is 10.1. The van der Waals surface area contributed by atoms with Crippen LogP contribution in [-0.4, -0.2) is 57.6 Å². The van der Waals surface area contributed by atoms with Gasteiger partial charge in [-0.15, -0.1) is 0 Å². The topological polar surface area (TPSA) is 96.0 Å². The van der Waals surface area contributed by atoms with Crippen LogP contribution in [0.5, 0.6) is 5.75 Å². The minimum absolute atomic E-state index is 0.0982. The third-order valence-electron chi connectivity index (χ3n) is 6.01. The summed E-state index contributed by atoms with van der Waals surface area (Å²) >= 11 is 0. The molecule has 37 heavy (non-hydrogen) atoms. The zero-order chi connectivity index (χ0) is 27.6. The van der Waals surface area contributed by atoms with Crippen LogP contribution in [0.15, 0.2) is 48.5 Å². The zero-order valence-corrected chi connectivity index (χ0v) is 23.7. The summed E-state index contributed by atoms with van der Waals surface area (Å²) in [5.74, 6) is 0.359. The molecule has 0 radical (unpaired) electrons. The summed E-state index contributed by atoms with van der Waals surface area (Å²) in [6.45, 7) is 8.86. The normalized spacial score (nSPS) is 12.2. The maximum Gasteiger partial charge on any atom is 0.242 e. The van der Waals surface area contributed by atoms with Gasteiger partial charge in [0.1, 0.15) is 11.8 Å². The summed E-state index contributed by atoms with van der Waals surface area (Å²) < 4.78 is 31.8. The maximum absolute atomic E-state index is 13.5. The van der Waals surface area contributed by atoms with Crippen LogP contribution in [0.1, 0.15) is 51.2 Å². The number of rotatable bonds is 14. The lowest BCUT2D eigenvalue weighted by Crippen LogP contribution is -2.49. The Kier molecular flexibility index (Phi) is 11.4. The van der Waals surface area contributed by atoms with Crippen molar-refractivity contribution in [1.82, 2.24) is 10.2 Å². The lowest BCUT2D eigenvalue weighted by Gasteiger charge is -2.31. The first kappa shape index (κ1) is 30.2. The van der Waals surface area contributed by atoms with Crippen molar-refractivity contribution in [3.05, 3.63) is 59.7 Å². The first-order chi connectivity index (χ1) is 17.5. The van der Waals surface area contributed by atoms with Gasteiger partial charge in [0.15, 0.2) is 0 Å². The smallest absolute Gasteiger partial charge is 0.242 e. The molecule has 8 nitrogen and oxygen atoms in total. The Bertz CT molecular complexity index is 1150. The van der Waals surface area contributed by atoms with Crippen LogP contribution in [0.3, 0.4) is 0 Å². The zero-order valence-electron chi connectivity index (χ0n) is 22.9. The number of aryl methyl sites for hydroxylation is 1. The Morgan fingerprint density at radius 2 is 1.78 bits per heavy atom. The van der Waals surface area contributed by atoms with E-state index < -0.39 is 16.1 Å². The van der Waals surface area contributed by atoms with Crippen LogP contribution >= 0.6 is 0 Å². The molecule has 1 N–H and O–H groups in total. The second kappa shape index (κ2) is 14.0. The van der Waals surface area contributed by atoms with Crippen LogP contribution in [0.25, 0.3) is 0 Å². The second-order valence-corrected chi connectivity index (χ2v) is 11.6. The minimum Gasteiger partial charge on any atom is -0.495 e. The van der Waals surface area contributed by atoms with Crippen LogP contribution < -0.4 is 14.4 Å². The van der Waals surface area contributed by atoms with Gasteiger partial charge in [-0.3, -0.25) is 13.9 Å². The van der Waals surface area contributed by atoms with Gasteiger partial charge in [-0.1, -0.05) is 62.7 Å². The predicted octanol–water partition coefficient (Wildman–Crippen LogP) is 4.13. The number of nitrogens with zero attached hydrogens (tertiary/aromatic N) is 2. The van der Waals surface area contributed by atoms with E-state index >= 15 is 0 Å². The third-order valence-corrected chi connectivity index (χ3v) is 7.19. The summed E-state index contributed by atoms with van der Waals surface area (Å²) in [5, 5.41) is 2.96. The molecule has 0 aromatic heterocycles. The van der Waals surface area contributed by atoms with E-state index in [1.165, 1.54) is 11.4 Å². The molecule has 0 unspecified atom stereocenters. The van der Waals surface area contributed by atoms with E-state index in [4.69, 9.17) is 4.74 Å². The average molecular weight is 532 g/mol. The van der Waals surface area contributed by atoms with E-state index in [9.17, 15) is 18.0 Å². The first-order valence-corrected chi connectivity index (χ1v) is 14.6. The monoisotopic (exact) mass is 531 g/mol. The molecule has 1 atom stereocenters. The van der Waals surface area contributed by atoms with Gasteiger partial charge in [-0.2, -0.15) is 0 Å². The van der Waals surface area contributed by atoms with Crippen molar-refractivity contribution >= 4 is 27.5 Å². The molecule has 0 heterocycles. The maximum atomic E-state index is 13.5. The number of benzene rings is 2. The molecule has 204 valence electrons. The van der Waals surface area contributed by atoms with E-state index in [1.807, 2.05) is 52.0 Å². The highest BCUT2D eigenvalue weighted by molar-refractivity contribution is 7.92. The Morgan fingerprint density at radius 1 is 1.08 bits per heavy atom. The van der Waals surface area contributed by atoms with Gasteiger partial charge in [0.2, 0.25) is 21.8 Å². The van der Waals surface area contributed by atoms with Crippen molar-refractivity contribution in [3.63, 3.8) is 0 Å². The van der Waals surface area contributed by atoms with E-state index in [0.717, 1.165) is 17.4 Å². The Balaban J connectivity index is 2.24. The van der Waals surface area contributed by atoms with Gasteiger partial charge in [-0.25, -0.2) is 8.42 Å². The molecule has 0 aliphatic carbocycles. The number of anilines is 1. The molecule has 0 aliphatic heterocycles. The predicted molar refractivity (Wildman–Crippen MR) is 148 cm³/mol. The molecule has 0 spiro atoms. The number of sulfonamides is 1. The van der Waals surface area contributed by atoms with Crippen molar-refractivity contribution in [3.8, 4) is 5.75 Å². The fourth-order valence-electron chi connectivity index (χ4n) is 4.17. The average Bonchev–Trinajstić information content (AvgIpc) is 2.84. The van der Waals surface area contributed by atoms with Crippen LogP contribution in [-0.2, 0) is 26.2 Å². The molecule has 9 heteroatoms. The number of carbonyl (C=O) groups excluding carboxylic acids is 2. The second-order valence-electron chi connectivity index (χ2n) is 9.68. The fourth-order valence-corrected chi connectivity index (χ4v) is 5.14. The molecule has 0 fully saturated rings. The van der Waals surface area contributed by atoms with E-state index in [1.54, 1.807) is 29.2 Å². The highest BCUT2D eigenvalue weighted by Crippen LogP contribution is 2.29. The van der Waals surface area contributed by atoms with Gasteiger partial charge < -0.3 is 15.0 Å². The van der Waals surface area contributed by atoms with Crippen molar-refractivity contribution in [2.45, 2.75) is 59.5 Å². The molecule has 0 aliphatic rings. The molecule has 0 bridgehead atoms. The summed E-state index contributed by atoms with van der Waals surface area (Å²) in [5.41, 5.74) is 2.44. The standard InChI is InChI=1S/C28H41N3O5S/c1-7-24(28(33)29-19-21(2)3)30(20-23-13-10-12-22(4)18-23)27(32)16-11-17-31(37(6,34)35)25-14-8-9-15-26(25)36-5/h8-10,12-15,18,21,24H,7,11,16-17,19-20H2,1-6H3,(H,29,33)/t24-/m1/s1. The molecule has 2 aromatic rings. The van der Waals surface area contributed by atoms with Gasteiger partial charge in [0.05, 0.1) is 19.1 Å². The highest BCUT2D eigenvalue weighted by Gasteiger charge is 2.29. The van der Waals surface area contributed by atoms with Crippen molar-refractivity contribution in [2.75, 3.05) is 30.8 Å². The van der Waals surface area contributed by atoms with Gasteiger partial charge in [-0.05, 0) is 43.4 Å². The summed E-state index contributed by atoms with van der Waals surface area (Å²) in [7, 11) is -2.12. The summed E-state index contributed by atoms with van der Waals surface area (Å²) in [6.07, 6.45) is 1.99. The number of nitrogens with one attached hydrogen (secondary N) is 1. The number of amides is 2. The Labute approximate surface area is 222 Å². The number of methoxy groups -OCH3 is 1. The number of carbonyl (C=O) groups is 2. The van der Waals surface area contributed by atoms with Crippen LogP contribution in [0.4, 0.5) is 5.69 Å². The van der Waals surface area contributed by atoms with Crippen LogP contribution in [0, 0.1) is 12.8 Å². The van der Waals surface area contributed by atoms with E-state index in [2.05, 4.69) is 5.32 Å². The molecule has 0 saturated heterocycles. The number of hydrogen-bond donors (Lipinski definition) is 1. The quantitative estimate of drug-likeness (QED) is 0.396. The number of ether oxygens (including phenoxy) is 1. The number of hydrogen-bond acceptors (Lipinski definition) is 5. The van der Waals surface area contributed by atoms with Crippen molar-refractivity contribution < 1.29 is 22.7 Å². The van der Waals surface area contributed by atoms with Crippen molar-refractivity contribution in [2.24, 2.45) is 5.92 Å². The SMILES string of the molecule is CC[C@H](C(=O)NCC(C)C)N(Cc1cccc(C)c1)C(=O)CCCN(c1ccccc1OC)S(C)(=O)=O. The molecular formula is C28H41N3O5S. The number of para-hydroxylation sites is 2. The van der Waals surface area contributed by atoms with Gasteiger partial charge in [0.25, 0.3) is 0 Å². The van der Waals surface area contributed by atoms with Crippen LogP contribution in [0.2, 0.25) is 0 Å². The largest absolute Gasteiger partial charge is 0.495 e. The Morgan fingerprint density at radius 3 is 2.38 bits per heavy atom. The molecular weight excluding hydrogens is 490 g/mol. The molecule has 0 saturated carbocycles. The van der Waals surface area contributed by atoms with Gasteiger partial charge >= 0.3 is 0 Å². The third kappa shape index (κ3) is 9.07. The minimum atomic E-state index is -3.61. The van der Waals surface area contributed by atoms with E-state index in [0.29, 0.717) is 36.9 Å². The summed E-state index contributed by atoms with van der Waals surface area (Å²) in [4.78, 5) is 28.2.